The van der Waals surface area contributed by atoms with Gasteiger partial charge in [-0.1, -0.05) is 6.92 Å². The van der Waals surface area contributed by atoms with Gasteiger partial charge in [0.2, 0.25) is 0 Å². The smallest absolute Gasteiger partial charge is 0.0594 e. The largest absolute Gasteiger partial charge is 0.379 e. The number of morpholine rings is 1. The molecule has 1 aliphatic carbocycles. The molecule has 2 N–H and O–H groups in total. The van der Waals surface area contributed by atoms with Gasteiger partial charge in [0.25, 0.3) is 0 Å². The van der Waals surface area contributed by atoms with E-state index in [1.54, 1.807) is 0 Å². The first kappa shape index (κ1) is 13.8. The molecule has 0 aromatic heterocycles. The predicted octanol–water partition coefficient (Wildman–Crippen LogP) is 0.909. The number of hydrogen-bond acceptors (Lipinski definition) is 4. The first-order valence-electron chi connectivity index (χ1n) is 8.05. The molecule has 2 aliphatic heterocycles. The topological polar surface area (TPSA) is 41.7 Å². The van der Waals surface area contributed by atoms with Crippen LogP contribution in [0.25, 0.3) is 0 Å². The predicted molar refractivity (Wildman–Crippen MR) is 77.1 cm³/mol. The summed E-state index contributed by atoms with van der Waals surface area (Å²) in [5, 5.41) is 0. The molecule has 19 heavy (non-hydrogen) atoms. The van der Waals surface area contributed by atoms with Crippen molar-refractivity contribution in [1.82, 2.24) is 9.80 Å². The van der Waals surface area contributed by atoms with E-state index >= 15 is 0 Å². The van der Waals surface area contributed by atoms with Gasteiger partial charge in [0.1, 0.15) is 0 Å². The van der Waals surface area contributed by atoms with Crippen molar-refractivity contribution in [2.75, 3.05) is 39.4 Å². The van der Waals surface area contributed by atoms with Crippen molar-refractivity contribution in [3.63, 3.8) is 0 Å². The first-order chi connectivity index (χ1) is 9.24. The Bertz CT molecular complexity index is 293. The fourth-order valence-corrected chi connectivity index (χ4v) is 4.10. The quantitative estimate of drug-likeness (QED) is 0.807. The Hall–Kier alpha value is -0.160. The van der Waals surface area contributed by atoms with E-state index in [2.05, 4.69) is 16.7 Å². The highest BCUT2D eigenvalue weighted by atomic mass is 16.5. The van der Waals surface area contributed by atoms with Crippen molar-refractivity contribution in [1.29, 1.82) is 0 Å². The summed E-state index contributed by atoms with van der Waals surface area (Å²) in [5.41, 5.74) is 6.37. The van der Waals surface area contributed by atoms with Crippen LogP contribution in [0, 0.1) is 5.92 Å². The van der Waals surface area contributed by atoms with E-state index in [-0.39, 0.29) is 0 Å². The van der Waals surface area contributed by atoms with Gasteiger partial charge in [0.15, 0.2) is 0 Å². The molecule has 0 spiro atoms. The maximum atomic E-state index is 6.37. The lowest BCUT2D eigenvalue weighted by Gasteiger charge is -2.39. The summed E-state index contributed by atoms with van der Waals surface area (Å²) in [6.45, 7) is 8.91. The molecule has 0 aromatic carbocycles. The molecule has 3 fully saturated rings. The normalized spacial score (nSPS) is 42.6. The van der Waals surface area contributed by atoms with Crippen LogP contribution in [0.4, 0.5) is 0 Å². The lowest BCUT2D eigenvalue weighted by Crippen LogP contribution is -2.51. The third-order valence-corrected chi connectivity index (χ3v) is 5.36. The summed E-state index contributed by atoms with van der Waals surface area (Å²) in [6.07, 6.45) is 5.15. The summed E-state index contributed by atoms with van der Waals surface area (Å²) in [4.78, 5) is 5.31. The van der Waals surface area contributed by atoms with Gasteiger partial charge in [-0.3, -0.25) is 9.80 Å². The maximum absolute atomic E-state index is 6.37. The lowest BCUT2D eigenvalue weighted by atomic mass is 9.83. The zero-order valence-corrected chi connectivity index (χ0v) is 12.3. The number of likely N-dealkylation sites (tertiary alicyclic amines) is 1. The number of nitrogens with zero attached hydrogens (tertiary/aromatic N) is 2. The van der Waals surface area contributed by atoms with Gasteiger partial charge in [-0.2, -0.15) is 0 Å². The van der Waals surface area contributed by atoms with Crippen molar-refractivity contribution >= 4 is 0 Å². The van der Waals surface area contributed by atoms with E-state index < -0.39 is 0 Å². The standard InChI is InChI=1S/C15H29N3O/c1-12-2-3-14(16)15(10-12)18-5-4-13(11-18)17-6-8-19-9-7-17/h12-15H,2-11,16H2,1H3. The van der Waals surface area contributed by atoms with Crippen LogP contribution in [0.3, 0.4) is 0 Å². The van der Waals surface area contributed by atoms with Gasteiger partial charge >= 0.3 is 0 Å². The van der Waals surface area contributed by atoms with Crippen molar-refractivity contribution in [3.05, 3.63) is 0 Å². The number of ether oxygens (including phenoxy) is 1. The van der Waals surface area contributed by atoms with Gasteiger partial charge in [-0.05, 0) is 31.6 Å². The lowest BCUT2D eigenvalue weighted by molar-refractivity contribution is 0.0164. The van der Waals surface area contributed by atoms with Crippen LogP contribution < -0.4 is 5.73 Å². The summed E-state index contributed by atoms with van der Waals surface area (Å²) < 4.78 is 5.46. The molecule has 2 saturated heterocycles. The Kier molecular flexibility index (Phi) is 4.42. The molecule has 3 rings (SSSR count). The molecule has 0 aromatic rings. The zero-order chi connectivity index (χ0) is 13.2. The Morgan fingerprint density at radius 1 is 1.00 bits per heavy atom. The highest BCUT2D eigenvalue weighted by Crippen LogP contribution is 2.30. The second kappa shape index (κ2) is 6.08. The van der Waals surface area contributed by atoms with E-state index in [1.165, 1.54) is 38.8 Å². The Labute approximate surface area is 117 Å². The van der Waals surface area contributed by atoms with Gasteiger partial charge in [-0.15, -0.1) is 0 Å². The molecule has 3 aliphatic rings. The highest BCUT2D eigenvalue weighted by Gasteiger charge is 2.36. The van der Waals surface area contributed by atoms with Gasteiger partial charge in [-0.25, -0.2) is 0 Å². The van der Waals surface area contributed by atoms with Crippen molar-refractivity contribution < 1.29 is 4.74 Å². The van der Waals surface area contributed by atoms with E-state index in [0.717, 1.165) is 38.3 Å². The Morgan fingerprint density at radius 2 is 1.79 bits per heavy atom. The summed E-state index contributed by atoms with van der Waals surface area (Å²) in [6, 6.07) is 1.78. The van der Waals surface area contributed by atoms with Crippen LogP contribution in [0.15, 0.2) is 0 Å². The zero-order valence-electron chi connectivity index (χ0n) is 12.3. The molecule has 0 bridgehead atoms. The second-order valence-electron chi connectivity index (χ2n) is 6.74. The fourth-order valence-electron chi connectivity index (χ4n) is 4.10. The summed E-state index contributed by atoms with van der Waals surface area (Å²) in [7, 11) is 0. The molecule has 2 heterocycles. The molecule has 1 saturated carbocycles. The van der Waals surface area contributed by atoms with Crippen molar-refractivity contribution in [3.8, 4) is 0 Å². The Morgan fingerprint density at radius 3 is 2.58 bits per heavy atom. The van der Waals surface area contributed by atoms with Gasteiger partial charge in [0, 0.05) is 44.3 Å². The van der Waals surface area contributed by atoms with Crippen LogP contribution in [0.5, 0.6) is 0 Å². The summed E-state index contributed by atoms with van der Waals surface area (Å²) in [5.74, 6) is 0.854. The third-order valence-electron chi connectivity index (χ3n) is 5.36. The number of hydrogen-bond donors (Lipinski definition) is 1. The average molecular weight is 267 g/mol. The molecule has 0 radical (unpaired) electrons. The monoisotopic (exact) mass is 267 g/mol. The molecule has 4 atom stereocenters. The molecular weight excluding hydrogens is 238 g/mol. The molecule has 0 amide bonds. The van der Waals surface area contributed by atoms with Crippen LogP contribution in [0.2, 0.25) is 0 Å². The minimum absolute atomic E-state index is 0.402. The van der Waals surface area contributed by atoms with Gasteiger partial charge < -0.3 is 10.5 Å². The minimum atomic E-state index is 0.402. The van der Waals surface area contributed by atoms with E-state index in [4.69, 9.17) is 10.5 Å². The molecule has 4 unspecified atom stereocenters. The molecule has 4 nitrogen and oxygen atoms in total. The van der Waals surface area contributed by atoms with Crippen molar-refractivity contribution in [2.45, 2.75) is 50.7 Å². The Balaban J connectivity index is 1.55. The number of rotatable bonds is 2. The van der Waals surface area contributed by atoms with Gasteiger partial charge in [0.05, 0.1) is 13.2 Å². The van der Waals surface area contributed by atoms with Crippen LogP contribution >= 0.6 is 0 Å². The van der Waals surface area contributed by atoms with Crippen LogP contribution in [0.1, 0.15) is 32.6 Å². The fraction of sp³-hybridized carbons (Fsp3) is 1.00. The van der Waals surface area contributed by atoms with Crippen LogP contribution in [-0.4, -0.2) is 67.3 Å². The van der Waals surface area contributed by atoms with E-state index in [1.807, 2.05) is 0 Å². The highest BCUT2D eigenvalue weighted by molar-refractivity contribution is 4.94. The number of nitrogens with two attached hydrogens (primary N) is 1. The minimum Gasteiger partial charge on any atom is -0.379 e. The molecule has 110 valence electrons. The van der Waals surface area contributed by atoms with Crippen molar-refractivity contribution in [2.24, 2.45) is 11.7 Å². The molecular formula is C15H29N3O. The summed E-state index contributed by atoms with van der Waals surface area (Å²) >= 11 is 0. The van der Waals surface area contributed by atoms with Crippen LogP contribution in [-0.2, 0) is 4.74 Å². The SMILES string of the molecule is CC1CCC(N)C(N2CCC(N3CCOCC3)C2)C1. The van der Waals surface area contributed by atoms with E-state index in [9.17, 15) is 0 Å². The first-order valence-corrected chi connectivity index (χ1v) is 8.05. The average Bonchev–Trinajstić information content (AvgIpc) is 2.92. The molecule has 4 heteroatoms. The maximum Gasteiger partial charge on any atom is 0.0594 e. The van der Waals surface area contributed by atoms with E-state index in [0.29, 0.717) is 12.1 Å². The third kappa shape index (κ3) is 3.13. The second-order valence-corrected chi connectivity index (χ2v) is 6.74.